The molecule has 0 bridgehead atoms. The number of rotatable bonds is 9. The lowest BCUT2D eigenvalue weighted by atomic mass is 9.94. The summed E-state index contributed by atoms with van der Waals surface area (Å²) in [5.41, 5.74) is 6.45. The van der Waals surface area contributed by atoms with E-state index in [4.69, 9.17) is 4.74 Å². The van der Waals surface area contributed by atoms with Crippen LogP contribution in [0.1, 0.15) is 65.3 Å². The number of esters is 1. The molecule has 0 spiro atoms. The summed E-state index contributed by atoms with van der Waals surface area (Å²) < 4.78 is 4.95. The highest BCUT2D eigenvalue weighted by atomic mass is 16.5. The predicted molar refractivity (Wildman–Crippen MR) is 146 cm³/mol. The number of carbonyl (C=O) groups excluding carboxylic acids is 3. The topological polar surface area (TPSA) is 88.6 Å². The van der Waals surface area contributed by atoms with Crippen LogP contribution in [0.25, 0.3) is 11.1 Å². The first-order chi connectivity index (χ1) is 18.2. The highest BCUT2D eigenvalue weighted by molar-refractivity contribution is 6.01. The van der Waals surface area contributed by atoms with E-state index in [1.807, 2.05) is 70.2 Å². The lowest BCUT2D eigenvalue weighted by Gasteiger charge is -2.30. The number of pyridine rings is 1. The van der Waals surface area contributed by atoms with Gasteiger partial charge in [0.1, 0.15) is 6.04 Å². The Kier molecular flexibility index (Phi) is 8.25. The van der Waals surface area contributed by atoms with Crippen LogP contribution >= 0.6 is 0 Å². The standard InChI is InChI=1S/C31H35N3O4/c1-19(2)13-27(34-18-22-11-6-7-12-25(22)31(34)37)30(36)33-26(15-28(35)38-5)23-14-24(17-32-16-23)29-20(3)9-8-10-21(29)4/h6-12,14,16-17,19,26-27H,13,15,18H2,1-5H3,(H,33,36). The Labute approximate surface area is 224 Å². The van der Waals surface area contributed by atoms with Crippen molar-refractivity contribution in [2.24, 2.45) is 5.92 Å². The number of benzene rings is 2. The lowest BCUT2D eigenvalue weighted by molar-refractivity contribution is -0.141. The molecular formula is C31H35N3O4. The summed E-state index contributed by atoms with van der Waals surface area (Å²) in [7, 11) is 1.33. The minimum atomic E-state index is -0.676. The van der Waals surface area contributed by atoms with Gasteiger partial charge in [-0.25, -0.2) is 0 Å². The van der Waals surface area contributed by atoms with Crippen LogP contribution in [0, 0.1) is 19.8 Å². The number of hydrogen-bond acceptors (Lipinski definition) is 5. The average Bonchev–Trinajstić information content (AvgIpc) is 3.22. The van der Waals surface area contributed by atoms with Crippen LogP contribution in [-0.4, -0.2) is 40.8 Å². The zero-order valence-electron chi connectivity index (χ0n) is 22.7. The minimum Gasteiger partial charge on any atom is -0.469 e. The van der Waals surface area contributed by atoms with Gasteiger partial charge in [0, 0.05) is 30.1 Å². The number of amides is 2. The molecule has 4 rings (SSSR count). The largest absolute Gasteiger partial charge is 0.469 e. The molecule has 2 amide bonds. The summed E-state index contributed by atoms with van der Waals surface area (Å²) in [6, 6.07) is 14.2. The number of nitrogens with one attached hydrogen (secondary N) is 1. The summed E-state index contributed by atoms with van der Waals surface area (Å²) in [5, 5.41) is 3.06. The molecule has 2 aromatic carbocycles. The van der Waals surface area contributed by atoms with Gasteiger partial charge in [0.15, 0.2) is 0 Å². The Bertz CT molecular complexity index is 1330. The fourth-order valence-electron chi connectivity index (χ4n) is 5.18. The fraction of sp³-hybridized carbons (Fsp3) is 0.355. The number of nitrogens with zero attached hydrogens (tertiary/aromatic N) is 2. The van der Waals surface area contributed by atoms with Crippen molar-refractivity contribution in [3.63, 3.8) is 0 Å². The van der Waals surface area contributed by atoms with Gasteiger partial charge >= 0.3 is 5.97 Å². The maximum atomic E-state index is 13.8. The van der Waals surface area contributed by atoms with Gasteiger partial charge in [-0.05, 0) is 66.1 Å². The Balaban J connectivity index is 1.65. The number of fused-ring (bicyclic) bond motifs is 1. The Morgan fingerprint density at radius 3 is 2.42 bits per heavy atom. The van der Waals surface area contributed by atoms with Gasteiger partial charge in [0.25, 0.3) is 5.91 Å². The maximum Gasteiger partial charge on any atom is 0.307 e. The molecule has 0 fully saturated rings. The van der Waals surface area contributed by atoms with Crippen molar-refractivity contribution in [1.82, 2.24) is 15.2 Å². The van der Waals surface area contributed by atoms with Crippen molar-refractivity contribution >= 4 is 17.8 Å². The van der Waals surface area contributed by atoms with Crippen molar-refractivity contribution in [2.75, 3.05) is 7.11 Å². The number of aromatic nitrogens is 1. The molecule has 7 heteroatoms. The molecule has 1 N–H and O–H groups in total. The van der Waals surface area contributed by atoms with Crippen LogP contribution in [0.15, 0.2) is 60.9 Å². The Morgan fingerprint density at radius 1 is 1.05 bits per heavy atom. The molecule has 3 aromatic rings. The molecule has 2 atom stereocenters. The number of hydrogen-bond donors (Lipinski definition) is 1. The van der Waals surface area contributed by atoms with Gasteiger partial charge in [0.05, 0.1) is 19.6 Å². The molecule has 0 radical (unpaired) electrons. The van der Waals surface area contributed by atoms with Gasteiger partial charge in [-0.15, -0.1) is 0 Å². The first-order valence-electron chi connectivity index (χ1n) is 13.0. The predicted octanol–water partition coefficient (Wildman–Crippen LogP) is 5.16. The summed E-state index contributed by atoms with van der Waals surface area (Å²) >= 11 is 0. The first-order valence-corrected chi connectivity index (χ1v) is 13.0. The third-order valence-corrected chi connectivity index (χ3v) is 7.07. The van der Waals surface area contributed by atoms with Crippen molar-refractivity contribution in [1.29, 1.82) is 0 Å². The van der Waals surface area contributed by atoms with Gasteiger partial charge < -0.3 is 15.0 Å². The summed E-state index contributed by atoms with van der Waals surface area (Å²) in [4.78, 5) is 45.5. The molecular weight excluding hydrogens is 478 g/mol. The van der Waals surface area contributed by atoms with E-state index in [9.17, 15) is 14.4 Å². The summed E-state index contributed by atoms with van der Waals surface area (Å²) in [5.74, 6) is -0.718. The van der Waals surface area contributed by atoms with Crippen LogP contribution in [0.5, 0.6) is 0 Å². The van der Waals surface area contributed by atoms with E-state index < -0.39 is 18.1 Å². The monoisotopic (exact) mass is 513 g/mol. The molecule has 0 saturated carbocycles. The number of methoxy groups -OCH3 is 1. The van der Waals surface area contributed by atoms with Gasteiger partial charge in [0.2, 0.25) is 5.91 Å². The number of ether oxygens (including phenoxy) is 1. The second-order valence-corrected chi connectivity index (χ2v) is 10.4. The Hall–Kier alpha value is -4.00. The third kappa shape index (κ3) is 5.77. The van der Waals surface area contributed by atoms with E-state index in [-0.39, 0.29) is 24.2 Å². The van der Waals surface area contributed by atoms with Crippen LogP contribution in [0.2, 0.25) is 0 Å². The van der Waals surface area contributed by atoms with Crippen molar-refractivity contribution in [3.8, 4) is 11.1 Å². The first kappa shape index (κ1) is 27.0. The van der Waals surface area contributed by atoms with Gasteiger partial charge in [-0.1, -0.05) is 50.2 Å². The van der Waals surface area contributed by atoms with E-state index in [0.29, 0.717) is 24.1 Å². The average molecular weight is 514 g/mol. The van der Waals surface area contributed by atoms with Crippen LogP contribution in [0.4, 0.5) is 0 Å². The van der Waals surface area contributed by atoms with Crippen molar-refractivity contribution in [2.45, 2.75) is 59.2 Å². The minimum absolute atomic E-state index is 0.0529. The molecule has 1 aromatic heterocycles. The Morgan fingerprint density at radius 2 is 1.76 bits per heavy atom. The SMILES string of the molecule is COC(=O)CC(NC(=O)C(CC(C)C)N1Cc2ccccc2C1=O)c1cncc(-c2c(C)cccc2C)c1. The lowest BCUT2D eigenvalue weighted by Crippen LogP contribution is -2.48. The fourth-order valence-corrected chi connectivity index (χ4v) is 5.18. The normalized spacial score (nSPS) is 14.3. The highest BCUT2D eigenvalue weighted by Crippen LogP contribution is 2.31. The second kappa shape index (κ2) is 11.6. The molecule has 1 aliphatic heterocycles. The van der Waals surface area contributed by atoms with E-state index in [2.05, 4.69) is 10.3 Å². The third-order valence-electron chi connectivity index (χ3n) is 7.07. The molecule has 0 aliphatic carbocycles. The van der Waals surface area contributed by atoms with Crippen molar-refractivity contribution in [3.05, 3.63) is 88.7 Å². The number of carbonyl (C=O) groups is 3. The molecule has 2 unspecified atom stereocenters. The van der Waals surface area contributed by atoms with E-state index >= 15 is 0 Å². The molecule has 198 valence electrons. The summed E-state index contributed by atoms with van der Waals surface area (Å²) in [6.45, 7) is 8.52. The van der Waals surface area contributed by atoms with Crippen LogP contribution < -0.4 is 5.32 Å². The van der Waals surface area contributed by atoms with Crippen molar-refractivity contribution < 1.29 is 19.1 Å². The molecule has 2 heterocycles. The zero-order chi connectivity index (χ0) is 27.4. The van der Waals surface area contributed by atoms with Crippen LogP contribution in [-0.2, 0) is 20.9 Å². The number of aryl methyl sites for hydroxylation is 2. The quantitative estimate of drug-likeness (QED) is 0.400. The molecule has 0 saturated heterocycles. The molecule has 1 aliphatic rings. The smallest absolute Gasteiger partial charge is 0.307 e. The molecule has 38 heavy (non-hydrogen) atoms. The van der Waals surface area contributed by atoms with E-state index in [1.165, 1.54) is 7.11 Å². The maximum absolute atomic E-state index is 13.8. The summed E-state index contributed by atoms with van der Waals surface area (Å²) in [6.07, 6.45) is 3.90. The van der Waals surface area contributed by atoms with E-state index in [0.717, 1.165) is 27.8 Å². The zero-order valence-corrected chi connectivity index (χ0v) is 22.7. The highest BCUT2D eigenvalue weighted by Gasteiger charge is 2.37. The van der Waals surface area contributed by atoms with Gasteiger partial charge in [-0.3, -0.25) is 19.4 Å². The van der Waals surface area contributed by atoms with Gasteiger partial charge in [-0.2, -0.15) is 0 Å². The van der Waals surface area contributed by atoms with E-state index in [1.54, 1.807) is 23.4 Å². The molecule has 7 nitrogen and oxygen atoms in total. The van der Waals surface area contributed by atoms with Crippen LogP contribution in [0.3, 0.4) is 0 Å². The second-order valence-electron chi connectivity index (χ2n) is 10.4.